The number of thioether (sulfide) groups is 1. The van der Waals surface area contributed by atoms with Gasteiger partial charge in [-0.2, -0.15) is 11.8 Å². The number of carbonyl (C=O) groups is 1. The van der Waals surface area contributed by atoms with Gasteiger partial charge < -0.3 is 10.2 Å². The minimum Gasteiger partial charge on any atom is -0.339 e. The molecule has 1 spiro atoms. The van der Waals surface area contributed by atoms with Crippen molar-refractivity contribution in [1.29, 1.82) is 0 Å². The van der Waals surface area contributed by atoms with Crippen LogP contribution in [0.1, 0.15) is 44.9 Å². The summed E-state index contributed by atoms with van der Waals surface area (Å²) in [4.78, 5) is 14.4. The summed E-state index contributed by atoms with van der Waals surface area (Å²) in [7, 11) is 0. The van der Waals surface area contributed by atoms with Crippen molar-refractivity contribution >= 4 is 30.1 Å². The first-order valence-corrected chi connectivity index (χ1v) is 8.88. The van der Waals surface area contributed by atoms with E-state index in [1.807, 2.05) is 0 Å². The summed E-state index contributed by atoms with van der Waals surface area (Å²) in [6, 6.07) is 0. The molecule has 1 heterocycles. The van der Waals surface area contributed by atoms with Gasteiger partial charge in [-0.05, 0) is 38.1 Å². The molecule has 3 nitrogen and oxygen atoms in total. The summed E-state index contributed by atoms with van der Waals surface area (Å²) in [5.41, 5.74) is 0. The molecule has 3 fully saturated rings. The normalized spacial score (nSPS) is 25.3. The van der Waals surface area contributed by atoms with Crippen LogP contribution in [0.4, 0.5) is 0 Å². The number of amides is 1. The summed E-state index contributed by atoms with van der Waals surface area (Å²) in [6.07, 6.45) is 9.44. The molecule has 2 saturated carbocycles. The lowest BCUT2D eigenvalue weighted by molar-refractivity contribution is -0.130. The van der Waals surface area contributed by atoms with Crippen LogP contribution in [-0.2, 0) is 4.79 Å². The summed E-state index contributed by atoms with van der Waals surface area (Å²) < 4.78 is 0.405. The maximum Gasteiger partial charge on any atom is 0.236 e. The molecule has 1 N–H and O–H groups in total. The average molecular weight is 319 g/mol. The SMILES string of the molecule is Cl.O=C(CNCC1CC1)N1CCSC2(CCCCC2)C1. The van der Waals surface area contributed by atoms with Crippen LogP contribution in [0.3, 0.4) is 0 Å². The topological polar surface area (TPSA) is 32.3 Å². The van der Waals surface area contributed by atoms with E-state index < -0.39 is 0 Å². The van der Waals surface area contributed by atoms with E-state index in [-0.39, 0.29) is 12.4 Å². The van der Waals surface area contributed by atoms with E-state index in [1.54, 1.807) is 0 Å². The Bertz CT molecular complexity index is 324. The predicted octanol–water partition coefficient (Wildman–Crippen LogP) is 2.69. The van der Waals surface area contributed by atoms with Crippen molar-refractivity contribution in [2.24, 2.45) is 5.92 Å². The molecule has 2 aliphatic carbocycles. The van der Waals surface area contributed by atoms with Gasteiger partial charge in [0.05, 0.1) is 6.54 Å². The van der Waals surface area contributed by atoms with Gasteiger partial charge >= 0.3 is 0 Å². The number of carbonyl (C=O) groups excluding carboxylic acids is 1. The third-order valence-corrected chi connectivity index (χ3v) is 6.31. The highest BCUT2D eigenvalue weighted by Gasteiger charge is 2.38. The standard InChI is InChI=1S/C15H26N2OS.ClH/c18-14(11-16-10-13-4-5-13)17-8-9-19-15(12-17)6-2-1-3-7-15;/h13,16H,1-12H2;1H. The smallest absolute Gasteiger partial charge is 0.236 e. The van der Waals surface area contributed by atoms with E-state index in [0.29, 0.717) is 17.2 Å². The zero-order valence-electron chi connectivity index (χ0n) is 12.2. The second-order valence-electron chi connectivity index (χ2n) is 6.48. The van der Waals surface area contributed by atoms with Crippen molar-refractivity contribution in [2.75, 3.05) is 31.9 Å². The monoisotopic (exact) mass is 318 g/mol. The van der Waals surface area contributed by atoms with E-state index >= 15 is 0 Å². The lowest BCUT2D eigenvalue weighted by atomic mass is 9.87. The fourth-order valence-corrected chi connectivity index (χ4v) is 4.94. The minimum absolute atomic E-state index is 0. The highest BCUT2D eigenvalue weighted by atomic mass is 35.5. The van der Waals surface area contributed by atoms with Crippen LogP contribution in [0, 0.1) is 5.92 Å². The maximum atomic E-state index is 12.3. The Morgan fingerprint density at radius 1 is 1.25 bits per heavy atom. The van der Waals surface area contributed by atoms with Gasteiger partial charge in [0.2, 0.25) is 5.91 Å². The summed E-state index contributed by atoms with van der Waals surface area (Å²) in [5.74, 6) is 2.31. The molecule has 0 aromatic carbocycles. The lowest BCUT2D eigenvalue weighted by Crippen LogP contribution is -2.51. The Hall–Kier alpha value is 0.0700. The summed E-state index contributed by atoms with van der Waals surface area (Å²) >= 11 is 2.13. The van der Waals surface area contributed by atoms with Crippen LogP contribution < -0.4 is 5.32 Å². The molecule has 0 radical (unpaired) electrons. The van der Waals surface area contributed by atoms with Crippen molar-refractivity contribution in [3.05, 3.63) is 0 Å². The number of halogens is 1. The van der Waals surface area contributed by atoms with E-state index in [2.05, 4.69) is 22.0 Å². The third kappa shape index (κ3) is 4.28. The third-order valence-electron chi connectivity index (χ3n) is 4.77. The van der Waals surface area contributed by atoms with Crippen LogP contribution in [0.15, 0.2) is 0 Å². The van der Waals surface area contributed by atoms with E-state index in [1.165, 1.54) is 44.9 Å². The van der Waals surface area contributed by atoms with Gasteiger partial charge in [0.25, 0.3) is 0 Å². The molecule has 116 valence electrons. The highest BCUT2D eigenvalue weighted by molar-refractivity contribution is 8.00. The minimum atomic E-state index is 0. The molecule has 1 aliphatic heterocycles. The Labute approximate surface area is 133 Å². The van der Waals surface area contributed by atoms with Crippen molar-refractivity contribution in [3.63, 3.8) is 0 Å². The van der Waals surface area contributed by atoms with Crippen LogP contribution >= 0.6 is 24.2 Å². The Kier molecular flexibility index (Phi) is 6.06. The molecule has 3 rings (SSSR count). The average Bonchev–Trinajstić information content (AvgIpc) is 3.24. The van der Waals surface area contributed by atoms with Crippen molar-refractivity contribution in [2.45, 2.75) is 49.7 Å². The molecule has 3 aliphatic rings. The molecule has 0 atom stereocenters. The first-order valence-electron chi connectivity index (χ1n) is 7.90. The largest absolute Gasteiger partial charge is 0.339 e. The molecule has 1 saturated heterocycles. The van der Waals surface area contributed by atoms with Gasteiger partial charge in [-0.15, -0.1) is 12.4 Å². The number of rotatable bonds is 4. The fourth-order valence-electron chi connectivity index (χ4n) is 3.37. The lowest BCUT2D eigenvalue weighted by Gasteiger charge is -2.44. The quantitative estimate of drug-likeness (QED) is 0.865. The summed E-state index contributed by atoms with van der Waals surface area (Å²) in [5, 5.41) is 3.34. The number of hydrogen-bond donors (Lipinski definition) is 1. The Balaban J connectivity index is 0.00000147. The van der Waals surface area contributed by atoms with E-state index in [9.17, 15) is 4.79 Å². The Morgan fingerprint density at radius 3 is 2.70 bits per heavy atom. The fraction of sp³-hybridized carbons (Fsp3) is 0.933. The van der Waals surface area contributed by atoms with E-state index in [4.69, 9.17) is 0 Å². The molecule has 20 heavy (non-hydrogen) atoms. The molecule has 0 aromatic heterocycles. The molecule has 1 amide bonds. The van der Waals surface area contributed by atoms with Gasteiger partial charge in [0.1, 0.15) is 0 Å². The zero-order valence-corrected chi connectivity index (χ0v) is 13.9. The van der Waals surface area contributed by atoms with Crippen molar-refractivity contribution in [3.8, 4) is 0 Å². The van der Waals surface area contributed by atoms with Gasteiger partial charge in [0, 0.05) is 23.6 Å². The second-order valence-corrected chi connectivity index (χ2v) is 8.04. The van der Waals surface area contributed by atoms with Crippen LogP contribution in [-0.4, -0.2) is 47.5 Å². The molecule has 5 heteroatoms. The van der Waals surface area contributed by atoms with E-state index in [0.717, 1.165) is 31.3 Å². The van der Waals surface area contributed by atoms with Crippen LogP contribution in [0.5, 0.6) is 0 Å². The van der Waals surface area contributed by atoms with Gasteiger partial charge in [-0.25, -0.2) is 0 Å². The molecule has 0 aromatic rings. The molecule has 0 unspecified atom stereocenters. The second kappa shape index (κ2) is 7.37. The Morgan fingerprint density at radius 2 is 2.00 bits per heavy atom. The maximum absolute atomic E-state index is 12.3. The number of nitrogens with one attached hydrogen (secondary N) is 1. The van der Waals surface area contributed by atoms with Gasteiger partial charge in [-0.3, -0.25) is 4.79 Å². The van der Waals surface area contributed by atoms with Crippen molar-refractivity contribution < 1.29 is 4.79 Å². The first-order chi connectivity index (χ1) is 9.27. The van der Waals surface area contributed by atoms with Crippen LogP contribution in [0.25, 0.3) is 0 Å². The van der Waals surface area contributed by atoms with Crippen molar-refractivity contribution in [1.82, 2.24) is 10.2 Å². The van der Waals surface area contributed by atoms with Crippen LogP contribution in [0.2, 0.25) is 0 Å². The predicted molar refractivity (Wildman–Crippen MR) is 87.7 cm³/mol. The molecular formula is C15H27ClN2OS. The molecular weight excluding hydrogens is 292 g/mol. The summed E-state index contributed by atoms with van der Waals surface area (Å²) in [6.45, 7) is 3.55. The first kappa shape index (κ1) is 16.4. The molecule has 0 bridgehead atoms. The number of nitrogens with zero attached hydrogens (tertiary/aromatic N) is 1. The van der Waals surface area contributed by atoms with Gasteiger partial charge in [-0.1, -0.05) is 19.3 Å². The van der Waals surface area contributed by atoms with Gasteiger partial charge in [0.15, 0.2) is 0 Å². The number of hydrogen-bond acceptors (Lipinski definition) is 3. The highest BCUT2D eigenvalue weighted by Crippen LogP contribution is 2.42. The zero-order chi connectivity index (χ0) is 13.1.